The zero-order valence-corrected chi connectivity index (χ0v) is 26.1. The Morgan fingerprint density at radius 1 is 0.683 bits per heavy atom. The highest BCUT2D eigenvalue weighted by atomic mass is 16.5. The SMILES string of the molecule is CCCCCCCCOC(=O)c1ccccc1C(=O)OCCCCCCCC.C[C@@H]1CCCN1Cc1ccccc1. The van der Waals surface area contributed by atoms with Crippen LogP contribution in [0.3, 0.4) is 0 Å². The number of hydrogen-bond acceptors (Lipinski definition) is 5. The molecule has 1 heterocycles. The second-order valence-corrected chi connectivity index (χ2v) is 11.3. The Bertz CT molecular complexity index is 912. The van der Waals surface area contributed by atoms with E-state index in [1.165, 1.54) is 76.3 Å². The van der Waals surface area contributed by atoms with Gasteiger partial charge in [-0.3, -0.25) is 4.90 Å². The van der Waals surface area contributed by atoms with Gasteiger partial charge in [0.25, 0.3) is 0 Å². The van der Waals surface area contributed by atoms with E-state index in [9.17, 15) is 9.59 Å². The van der Waals surface area contributed by atoms with Crippen LogP contribution in [0.25, 0.3) is 0 Å². The predicted molar refractivity (Wildman–Crippen MR) is 169 cm³/mol. The van der Waals surface area contributed by atoms with Gasteiger partial charge in [0.1, 0.15) is 0 Å². The summed E-state index contributed by atoms with van der Waals surface area (Å²) >= 11 is 0. The molecule has 3 rings (SSSR count). The summed E-state index contributed by atoms with van der Waals surface area (Å²) in [6.45, 7) is 9.90. The van der Waals surface area contributed by atoms with E-state index in [0.29, 0.717) is 24.3 Å². The Kier molecular flexibility index (Phi) is 18.5. The van der Waals surface area contributed by atoms with Crippen LogP contribution in [-0.2, 0) is 16.0 Å². The van der Waals surface area contributed by atoms with Crippen LogP contribution in [0.2, 0.25) is 0 Å². The number of carbonyl (C=O) groups is 2. The normalized spacial score (nSPS) is 14.8. The lowest BCUT2D eigenvalue weighted by Gasteiger charge is -2.20. The fourth-order valence-corrected chi connectivity index (χ4v) is 5.13. The van der Waals surface area contributed by atoms with Crippen LogP contribution in [-0.4, -0.2) is 42.6 Å². The van der Waals surface area contributed by atoms with Gasteiger partial charge in [-0.25, -0.2) is 9.59 Å². The van der Waals surface area contributed by atoms with Crippen LogP contribution >= 0.6 is 0 Å². The molecule has 1 aliphatic heterocycles. The average Bonchev–Trinajstić information content (AvgIpc) is 3.40. The first-order valence-electron chi connectivity index (χ1n) is 16.3. The van der Waals surface area contributed by atoms with Crippen molar-refractivity contribution in [1.82, 2.24) is 4.90 Å². The molecule has 0 radical (unpaired) electrons. The molecule has 1 atom stereocenters. The predicted octanol–water partition coefficient (Wildman–Crippen LogP) is 9.39. The van der Waals surface area contributed by atoms with Gasteiger partial charge < -0.3 is 9.47 Å². The summed E-state index contributed by atoms with van der Waals surface area (Å²) in [6, 6.07) is 18.3. The van der Waals surface area contributed by atoms with Gasteiger partial charge in [0.2, 0.25) is 0 Å². The smallest absolute Gasteiger partial charge is 0.339 e. The highest BCUT2D eigenvalue weighted by molar-refractivity contribution is 6.03. The van der Waals surface area contributed by atoms with Gasteiger partial charge in [-0.1, -0.05) is 121 Å². The van der Waals surface area contributed by atoms with Crippen LogP contribution in [0, 0.1) is 0 Å². The standard InChI is InChI=1S/C24H38O4.C12H17N/c1-3-5-7-9-11-15-19-27-23(25)21-17-13-14-18-22(21)24(26)28-20-16-12-10-8-6-4-2;1-11-6-5-9-13(11)10-12-7-3-2-4-8-12/h13-14,17-18H,3-12,15-16,19-20H2,1-2H3;2-4,7-8,11H,5-6,9-10H2,1H3/t;11-/m.1/s1. The lowest BCUT2D eigenvalue weighted by atomic mass is 10.1. The zero-order valence-electron chi connectivity index (χ0n) is 26.1. The van der Waals surface area contributed by atoms with Crippen molar-refractivity contribution in [3.8, 4) is 0 Å². The van der Waals surface area contributed by atoms with Crippen molar-refractivity contribution in [2.24, 2.45) is 0 Å². The summed E-state index contributed by atoms with van der Waals surface area (Å²) in [7, 11) is 0. The molecule has 0 bridgehead atoms. The third kappa shape index (κ3) is 14.7. The van der Waals surface area contributed by atoms with Crippen LogP contribution in [0.4, 0.5) is 0 Å². The Balaban J connectivity index is 0.000000372. The number of rotatable bonds is 18. The average molecular weight is 566 g/mol. The molecule has 228 valence electrons. The number of carbonyl (C=O) groups excluding carboxylic acids is 2. The zero-order chi connectivity index (χ0) is 29.5. The Morgan fingerprint density at radius 2 is 1.15 bits per heavy atom. The minimum Gasteiger partial charge on any atom is -0.462 e. The molecule has 1 aliphatic rings. The number of nitrogens with zero attached hydrogens (tertiary/aromatic N) is 1. The number of esters is 2. The Labute approximate surface area is 250 Å². The Morgan fingerprint density at radius 3 is 1.61 bits per heavy atom. The molecule has 1 saturated heterocycles. The number of likely N-dealkylation sites (tertiary alicyclic amines) is 1. The quantitative estimate of drug-likeness (QED) is 0.133. The molecule has 0 unspecified atom stereocenters. The summed E-state index contributed by atoms with van der Waals surface area (Å²) in [5.74, 6) is -0.888. The summed E-state index contributed by atoms with van der Waals surface area (Å²) in [5.41, 5.74) is 2.03. The largest absolute Gasteiger partial charge is 0.462 e. The molecular weight excluding hydrogens is 510 g/mol. The Hall–Kier alpha value is -2.66. The minimum absolute atomic E-state index is 0.293. The molecule has 5 heteroatoms. The van der Waals surface area contributed by atoms with Crippen molar-refractivity contribution in [3.63, 3.8) is 0 Å². The van der Waals surface area contributed by atoms with Gasteiger partial charge in [0.05, 0.1) is 24.3 Å². The summed E-state index contributed by atoms with van der Waals surface area (Å²) in [5, 5.41) is 0. The van der Waals surface area contributed by atoms with Gasteiger partial charge in [-0.2, -0.15) is 0 Å². The maximum Gasteiger partial charge on any atom is 0.339 e. The van der Waals surface area contributed by atoms with Crippen molar-refractivity contribution in [2.45, 2.75) is 123 Å². The first-order valence-corrected chi connectivity index (χ1v) is 16.3. The van der Waals surface area contributed by atoms with E-state index in [2.05, 4.69) is 56.0 Å². The molecule has 0 spiro atoms. The highest BCUT2D eigenvalue weighted by Gasteiger charge is 2.20. The maximum absolute atomic E-state index is 12.4. The molecule has 0 amide bonds. The van der Waals surface area contributed by atoms with Gasteiger partial charge in [0, 0.05) is 12.6 Å². The number of unbranched alkanes of at least 4 members (excludes halogenated alkanes) is 10. The van der Waals surface area contributed by atoms with Crippen molar-refractivity contribution in [2.75, 3.05) is 19.8 Å². The molecule has 2 aromatic rings. The van der Waals surface area contributed by atoms with Crippen LogP contribution in [0.5, 0.6) is 0 Å². The van der Waals surface area contributed by atoms with Crippen molar-refractivity contribution in [1.29, 1.82) is 0 Å². The molecule has 0 aromatic heterocycles. The third-order valence-electron chi connectivity index (χ3n) is 7.75. The molecule has 5 nitrogen and oxygen atoms in total. The molecular formula is C36H55NO4. The minimum atomic E-state index is -0.444. The molecule has 0 aliphatic carbocycles. The molecule has 2 aromatic carbocycles. The summed E-state index contributed by atoms with van der Waals surface area (Å²) in [4.78, 5) is 27.3. The second kappa shape index (κ2) is 22.0. The summed E-state index contributed by atoms with van der Waals surface area (Å²) < 4.78 is 10.7. The van der Waals surface area contributed by atoms with Crippen molar-refractivity contribution < 1.29 is 19.1 Å². The van der Waals surface area contributed by atoms with Gasteiger partial charge in [-0.15, -0.1) is 0 Å². The first kappa shape index (κ1) is 34.5. The molecule has 0 N–H and O–H groups in total. The fourth-order valence-electron chi connectivity index (χ4n) is 5.13. The number of hydrogen-bond donors (Lipinski definition) is 0. The highest BCUT2D eigenvalue weighted by Crippen LogP contribution is 2.19. The molecule has 0 saturated carbocycles. The second-order valence-electron chi connectivity index (χ2n) is 11.3. The fraction of sp³-hybridized carbons (Fsp3) is 0.611. The van der Waals surface area contributed by atoms with E-state index < -0.39 is 11.9 Å². The number of benzene rings is 2. The van der Waals surface area contributed by atoms with E-state index in [1.807, 2.05) is 0 Å². The lowest BCUT2D eigenvalue weighted by molar-refractivity contribution is 0.0450. The van der Waals surface area contributed by atoms with E-state index in [-0.39, 0.29) is 0 Å². The van der Waals surface area contributed by atoms with Crippen LogP contribution in [0.15, 0.2) is 54.6 Å². The monoisotopic (exact) mass is 565 g/mol. The van der Waals surface area contributed by atoms with E-state index >= 15 is 0 Å². The summed E-state index contributed by atoms with van der Waals surface area (Å²) in [6.07, 6.45) is 16.4. The van der Waals surface area contributed by atoms with E-state index in [1.54, 1.807) is 24.3 Å². The molecule has 1 fully saturated rings. The van der Waals surface area contributed by atoms with Crippen molar-refractivity contribution in [3.05, 3.63) is 71.3 Å². The van der Waals surface area contributed by atoms with Crippen LogP contribution in [0.1, 0.15) is 137 Å². The maximum atomic E-state index is 12.4. The van der Waals surface area contributed by atoms with E-state index in [0.717, 1.165) is 38.3 Å². The topological polar surface area (TPSA) is 55.8 Å². The van der Waals surface area contributed by atoms with Crippen molar-refractivity contribution >= 4 is 11.9 Å². The van der Waals surface area contributed by atoms with Gasteiger partial charge in [-0.05, 0) is 56.8 Å². The lowest BCUT2D eigenvalue weighted by Crippen LogP contribution is -2.25. The van der Waals surface area contributed by atoms with Crippen LogP contribution < -0.4 is 0 Å². The van der Waals surface area contributed by atoms with Gasteiger partial charge in [0.15, 0.2) is 0 Å². The molecule has 41 heavy (non-hydrogen) atoms. The third-order valence-corrected chi connectivity index (χ3v) is 7.75. The van der Waals surface area contributed by atoms with E-state index in [4.69, 9.17) is 9.47 Å². The number of ether oxygens (including phenoxy) is 2. The van der Waals surface area contributed by atoms with Gasteiger partial charge >= 0.3 is 11.9 Å². The first-order chi connectivity index (χ1) is 20.1.